The molecule has 16 heavy (non-hydrogen) atoms. The SMILES string of the molecule is CCC(O)COc1ccc(C(C)CC)cc1. The van der Waals surface area contributed by atoms with Gasteiger partial charge in [-0.15, -0.1) is 0 Å². The van der Waals surface area contributed by atoms with E-state index in [4.69, 9.17) is 4.74 Å². The number of benzene rings is 1. The Morgan fingerprint density at radius 1 is 1.12 bits per heavy atom. The quantitative estimate of drug-likeness (QED) is 0.799. The van der Waals surface area contributed by atoms with Gasteiger partial charge in [-0.2, -0.15) is 0 Å². The molecule has 2 nitrogen and oxygen atoms in total. The second-order valence-electron chi connectivity index (χ2n) is 4.25. The highest BCUT2D eigenvalue weighted by molar-refractivity contribution is 5.29. The van der Waals surface area contributed by atoms with Crippen LogP contribution in [0.3, 0.4) is 0 Å². The summed E-state index contributed by atoms with van der Waals surface area (Å²) in [6.07, 6.45) is 1.51. The van der Waals surface area contributed by atoms with Crippen molar-refractivity contribution in [3.63, 3.8) is 0 Å². The largest absolute Gasteiger partial charge is 0.491 e. The fraction of sp³-hybridized carbons (Fsp3) is 0.571. The van der Waals surface area contributed by atoms with Gasteiger partial charge in [-0.05, 0) is 36.5 Å². The molecule has 0 heterocycles. The number of aliphatic hydroxyl groups excluding tert-OH is 1. The van der Waals surface area contributed by atoms with Crippen molar-refractivity contribution in [2.75, 3.05) is 6.61 Å². The zero-order valence-corrected chi connectivity index (χ0v) is 10.4. The molecular formula is C14H22O2. The minimum Gasteiger partial charge on any atom is -0.491 e. The van der Waals surface area contributed by atoms with Gasteiger partial charge < -0.3 is 9.84 Å². The lowest BCUT2D eigenvalue weighted by Gasteiger charge is -2.12. The third-order valence-corrected chi connectivity index (χ3v) is 2.98. The Labute approximate surface area is 98.3 Å². The second-order valence-corrected chi connectivity index (χ2v) is 4.25. The van der Waals surface area contributed by atoms with Gasteiger partial charge in [-0.1, -0.05) is 32.9 Å². The van der Waals surface area contributed by atoms with Gasteiger partial charge in [0.2, 0.25) is 0 Å². The van der Waals surface area contributed by atoms with Crippen LogP contribution in [-0.2, 0) is 0 Å². The first-order valence-electron chi connectivity index (χ1n) is 6.08. The summed E-state index contributed by atoms with van der Waals surface area (Å²) in [6, 6.07) is 8.15. The van der Waals surface area contributed by atoms with Crippen LogP contribution in [0.15, 0.2) is 24.3 Å². The van der Waals surface area contributed by atoms with Crippen LogP contribution in [0, 0.1) is 0 Å². The fourth-order valence-electron chi connectivity index (χ4n) is 1.44. The topological polar surface area (TPSA) is 29.5 Å². The van der Waals surface area contributed by atoms with Crippen molar-refractivity contribution in [3.8, 4) is 5.75 Å². The first-order chi connectivity index (χ1) is 7.67. The van der Waals surface area contributed by atoms with Crippen LogP contribution in [0.4, 0.5) is 0 Å². The number of ether oxygens (including phenoxy) is 1. The van der Waals surface area contributed by atoms with Crippen LogP contribution in [0.1, 0.15) is 45.1 Å². The first kappa shape index (κ1) is 13.0. The number of aliphatic hydroxyl groups is 1. The molecule has 2 unspecified atom stereocenters. The number of hydrogen-bond donors (Lipinski definition) is 1. The molecule has 1 aromatic carbocycles. The molecule has 1 N–H and O–H groups in total. The summed E-state index contributed by atoms with van der Waals surface area (Å²) in [7, 11) is 0. The fourth-order valence-corrected chi connectivity index (χ4v) is 1.44. The molecule has 0 aliphatic rings. The summed E-state index contributed by atoms with van der Waals surface area (Å²) in [5.41, 5.74) is 1.34. The van der Waals surface area contributed by atoms with Crippen LogP contribution in [0.5, 0.6) is 5.75 Å². The van der Waals surface area contributed by atoms with Crippen molar-refractivity contribution < 1.29 is 9.84 Å². The zero-order chi connectivity index (χ0) is 12.0. The summed E-state index contributed by atoms with van der Waals surface area (Å²) < 4.78 is 5.48. The lowest BCUT2D eigenvalue weighted by atomic mass is 9.99. The van der Waals surface area contributed by atoms with Crippen molar-refractivity contribution in [1.29, 1.82) is 0 Å². The molecule has 0 spiro atoms. The van der Waals surface area contributed by atoms with Crippen molar-refractivity contribution in [3.05, 3.63) is 29.8 Å². The minimum atomic E-state index is -0.366. The molecule has 0 aliphatic heterocycles. The highest BCUT2D eigenvalue weighted by Crippen LogP contribution is 2.21. The van der Waals surface area contributed by atoms with Gasteiger partial charge in [0.05, 0.1) is 6.10 Å². The second kappa shape index (κ2) is 6.54. The predicted molar refractivity (Wildman–Crippen MR) is 66.9 cm³/mol. The van der Waals surface area contributed by atoms with E-state index in [0.717, 1.165) is 18.6 Å². The maximum absolute atomic E-state index is 9.38. The first-order valence-corrected chi connectivity index (χ1v) is 6.08. The van der Waals surface area contributed by atoms with E-state index in [0.29, 0.717) is 12.5 Å². The van der Waals surface area contributed by atoms with E-state index in [-0.39, 0.29) is 6.10 Å². The highest BCUT2D eigenvalue weighted by atomic mass is 16.5. The van der Waals surface area contributed by atoms with Crippen molar-refractivity contribution in [1.82, 2.24) is 0 Å². The molecule has 0 fully saturated rings. The van der Waals surface area contributed by atoms with E-state index >= 15 is 0 Å². The standard InChI is InChI=1S/C14H22O2/c1-4-11(3)12-6-8-14(9-7-12)16-10-13(15)5-2/h6-9,11,13,15H,4-5,10H2,1-3H3. The smallest absolute Gasteiger partial charge is 0.119 e. The van der Waals surface area contributed by atoms with E-state index in [1.807, 2.05) is 19.1 Å². The van der Waals surface area contributed by atoms with E-state index in [1.165, 1.54) is 5.56 Å². The molecular weight excluding hydrogens is 200 g/mol. The predicted octanol–water partition coefficient (Wildman–Crippen LogP) is 3.35. The molecule has 0 aliphatic carbocycles. The van der Waals surface area contributed by atoms with Gasteiger partial charge >= 0.3 is 0 Å². The van der Waals surface area contributed by atoms with Gasteiger partial charge in [0.15, 0.2) is 0 Å². The molecule has 2 heteroatoms. The lowest BCUT2D eigenvalue weighted by molar-refractivity contribution is 0.104. The van der Waals surface area contributed by atoms with Crippen molar-refractivity contribution in [2.45, 2.75) is 45.6 Å². The summed E-state index contributed by atoms with van der Waals surface area (Å²) in [5.74, 6) is 1.43. The van der Waals surface area contributed by atoms with E-state index < -0.39 is 0 Å². The molecule has 0 aromatic heterocycles. The Morgan fingerprint density at radius 2 is 1.75 bits per heavy atom. The Balaban J connectivity index is 2.51. The highest BCUT2D eigenvalue weighted by Gasteiger charge is 2.04. The van der Waals surface area contributed by atoms with Crippen LogP contribution in [-0.4, -0.2) is 17.8 Å². The van der Waals surface area contributed by atoms with Gasteiger partial charge in [-0.3, -0.25) is 0 Å². The lowest BCUT2D eigenvalue weighted by Crippen LogP contribution is -2.15. The monoisotopic (exact) mass is 222 g/mol. The van der Waals surface area contributed by atoms with E-state index in [2.05, 4.69) is 26.0 Å². The summed E-state index contributed by atoms with van der Waals surface area (Å²) in [6.45, 7) is 6.72. The molecule has 0 amide bonds. The van der Waals surface area contributed by atoms with Crippen molar-refractivity contribution in [2.24, 2.45) is 0 Å². The molecule has 2 atom stereocenters. The average molecular weight is 222 g/mol. The average Bonchev–Trinajstić information content (AvgIpc) is 2.35. The van der Waals surface area contributed by atoms with E-state index in [1.54, 1.807) is 0 Å². The van der Waals surface area contributed by atoms with Gasteiger partial charge in [-0.25, -0.2) is 0 Å². The number of rotatable bonds is 6. The van der Waals surface area contributed by atoms with Crippen LogP contribution in [0.2, 0.25) is 0 Å². The van der Waals surface area contributed by atoms with Crippen LogP contribution >= 0.6 is 0 Å². The molecule has 0 bridgehead atoms. The molecule has 0 saturated heterocycles. The molecule has 1 rings (SSSR count). The van der Waals surface area contributed by atoms with Gasteiger partial charge in [0.25, 0.3) is 0 Å². The third kappa shape index (κ3) is 3.86. The summed E-state index contributed by atoms with van der Waals surface area (Å²) >= 11 is 0. The van der Waals surface area contributed by atoms with Crippen molar-refractivity contribution >= 4 is 0 Å². The maximum Gasteiger partial charge on any atom is 0.119 e. The molecule has 0 saturated carbocycles. The maximum atomic E-state index is 9.38. The molecule has 0 radical (unpaired) electrons. The Hall–Kier alpha value is -1.02. The summed E-state index contributed by atoms with van der Waals surface area (Å²) in [4.78, 5) is 0. The Bertz CT molecular complexity index is 292. The number of hydrogen-bond acceptors (Lipinski definition) is 2. The Morgan fingerprint density at radius 3 is 2.25 bits per heavy atom. The Kier molecular flexibility index (Phi) is 5.33. The van der Waals surface area contributed by atoms with Gasteiger partial charge in [0.1, 0.15) is 12.4 Å². The normalized spacial score (nSPS) is 14.5. The minimum absolute atomic E-state index is 0.366. The molecule has 1 aromatic rings. The zero-order valence-electron chi connectivity index (χ0n) is 10.4. The van der Waals surface area contributed by atoms with Gasteiger partial charge in [0, 0.05) is 0 Å². The molecule has 90 valence electrons. The third-order valence-electron chi connectivity index (χ3n) is 2.98. The van der Waals surface area contributed by atoms with Crippen LogP contribution in [0.25, 0.3) is 0 Å². The van der Waals surface area contributed by atoms with Crippen LogP contribution < -0.4 is 4.74 Å². The summed E-state index contributed by atoms with van der Waals surface area (Å²) in [5, 5.41) is 9.38. The van der Waals surface area contributed by atoms with E-state index in [9.17, 15) is 5.11 Å².